The Bertz CT molecular complexity index is 439. The zero-order valence-electron chi connectivity index (χ0n) is 6.75. The SMILES string of the molecule is N#CC1=NN=N[C@@H]1Nc1nonc1N. The van der Waals surface area contributed by atoms with E-state index in [4.69, 9.17) is 11.0 Å². The first kappa shape index (κ1) is 8.11. The highest BCUT2D eigenvalue weighted by Crippen LogP contribution is 2.15. The zero-order chi connectivity index (χ0) is 9.97. The van der Waals surface area contributed by atoms with E-state index in [9.17, 15) is 0 Å². The van der Waals surface area contributed by atoms with Crippen LogP contribution in [0, 0.1) is 11.3 Å². The Labute approximate surface area is 77.3 Å². The van der Waals surface area contributed by atoms with Gasteiger partial charge < -0.3 is 11.1 Å². The monoisotopic (exact) mass is 192 g/mol. The normalized spacial score (nSPS) is 19.1. The van der Waals surface area contributed by atoms with E-state index in [0.29, 0.717) is 0 Å². The molecule has 9 nitrogen and oxygen atoms in total. The number of rotatable bonds is 2. The molecular formula is C5H4N8O. The predicted molar refractivity (Wildman–Crippen MR) is 44.0 cm³/mol. The number of nitriles is 1. The van der Waals surface area contributed by atoms with Gasteiger partial charge in [-0.3, -0.25) is 0 Å². The van der Waals surface area contributed by atoms with Gasteiger partial charge in [0.15, 0.2) is 11.9 Å². The van der Waals surface area contributed by atoms with Gasteiger partial charge in [-0.2, -0.15) is 5.26 Å². The quantitative estimate of drug-likeness (QED) is 0.661. The number of nitrogens with one attached hydrogen (secondary N) is 1. The summed E-state index contributed by atoms with van der Waals surface area (Å²) < 4.78 is 4.34. The van der Waals surface area contributed by atoms with Crippen LogP contribution in [0.3, 0.4) is 0 Å². The third-order valence-corrected chi connectivity index (χ3v) is 1.48. The smallest absolute Gasteiger partial charge is 0.217 e. The molecule has 0 amide bonds. The van der Waals surface area contributed by atoms with Gasteiger partial charge >= 0.3 is 0 Å². The van der Waals surface area contributed by atoms with Crippen molar-refractivity contribution in [3.05, 3.63) is 0 Å². The molecule has 1 aliphatic heterocycles. The molecule has 0 saturated carbocycles. The number of aromatic nitrogens is 2. The number of hydrogen-bond donors (Lipinski definition) is 2. The minimum atomic E-state index is -0.672. The second kappa shape index (κ2) is 3.09. The summed E-state index contributed by atoms with van der Waals surface area (Å²) in [6.07, 6.45) is -0.672. The van der Waals surface area contributed by atoms with Crippen LogP contribution in [0.2, 0.25) is 0 Å². The topological polar surface area (TPSA) is 138 Å². The van der Waals surface area contributed by atoms with Crippen molar-refractivity contribution < 1.29 is 4.63 Å². The fourth-order valence-electron chi connectivity index (χ4n) is 0.841. The van der Waals surface area contributed by atoms with Crippen LogP contribution in [0.5, 0.6) is 0 Å². The second-order valence-corrected chi connectivity index (χ2v) is 2.35. The lowest BCUT2D eigenvalue weighted by atomic mass is 10.3. The Morgan fingerprint density at radius 2 is 2.36 bits per heavy atom. The molecule has 9 heteroatoms. The fraction of sp³-hybridized carbons (Fsp3) is 0.200. The van der Waals surface area contributed by atoms with Crippen molar-refractivity contribution in [2.75, 3.05) is 11.1 Å². The van der Waals surface area contributed by atoms with E-state index in [2.05, 4.69) is 35.7 Å². The summed E-state index contributed by atoms with van der Waals surface area (Å²) in [6.45, 7) is 0. The summed E-state index contributed by atoms with van der Waals surface area (Å²) in [5.74, 6) is 0.295. The highest BCUT2D eigenvalue weighted by Gasteiger charge is 2.22. The minimum absolute atomic E-state index is 0.0874. The van der Waals surface area contributed by atoms with Crippen molar-refractivity contribution in [2.24, 2.45) is 15.4 Å². The van der Waals surface area contributed by atoms with Gasteiger partial charge in [0.05, 0.1) is 0 Å². The maximum atomic E-state index is 8.60. The Balaban J connectivity index is 2.14. The third-order valence-electron chi connectivity index (χ3n) is 1.48. The van der Waals surface area contributed by atoms with E-state index < -0.39 is 6.17 Å². The number of anilines is 2. The van der Waals surface area contributed by atoms with Crippen LogP contribution in [0.15, 0.2) is 20.1 Å². The molecule has 0 bridgehead atoms. The summed E-state index contributed by atoms with van der Waals surface area (Å²) in [5.41, 5.74) is 5.51. The lowest BCUT2D eigenvalue weighted by Gasteiger charge is -2.04. The number of hydrogen-bond acceptors (Lipinski definition) is 9. The van der Waals surface area contributed by atoms with E-state index in [0.717, 1.165) is 0 Å². The van der Waals surface area contributed by atoms with Crippen LogP contribution >= 0.6 is 0 Å². The van der Waals surface area contributed by atoms with E-state index >= 15 is 0 Å². The van der Waals surface area contributed by atoms with Crippen LogP contribution in [-0.2, 0) is 0 Å². The van der Waals surface area contributed by atoms with Gasteiger partial charge in [0.2, 0.25) is 11.6 Å². The van der Waals surface area contributed by atoms with Crippen LogP contribution in [0.25, 0.3) is 0 Å². The summed E-state index contributed by atoms with van der Waals surface area (Å²) >= 11 is 0. The highest BCUT2D eigenvalue weighted by molar-refractivity contribution is 6.04. The molecule has 1 aromatic rings. The summed E-state index contributed by atoms with van der Waals surface area (Å²) in [5, 5.41) is 28.5. The molecule has 1 aromatic heterocycles. The van der Waals surface area contributed by atoms with Gasteiger partial charge in [-0.15, -0.1) is 10.2 Å². The lowest BCUT2D eigenvalue weighted by Crippen LogP contribution is -2.24. The molecule has 0 aromatic carbocycles. The fourth-order valence-corrected chi connectivity index (χ4v) is 0.841. The second-order valence-electron chi connectivity index (χ2n) is 2.35. The first-order valence-electron chi connectivity index (χ1n) is 3.53. The first-order chi connectivity index (χ1) is 6.81. The maximum absolute atomic E-state index is 8.60. The molecule has 0 saturated heterocycles. The molecule has 1 aliphatic rings. The van der Waals surface area contributed by atoms with E-state index in [-0.39, 0.29) is 17.3 Å². The largest absolute Gasteiger partial charge is 0.378 e. The maximum Gasteiger partial charge on any atom is 0.217 e. The molecule has 0 radical (unpaired) electrons. The van der Waals surface area contributed by atoms with E-state index in [1.165, 1.54) is 0 Å². The van der Waals surface area contributed by atoms with Crippen LogP contribution < -0.4 is 11.1 Å². The molecule has 0 spiro atoms. The third kappa shape index (κ3) is 1.24. The molecular weight excluding hydrogens is 188 g/mol. The summed E-state index contributed by atoms with van der Waals surface area (Å²) in [7, 11) is 0. The molecule has 0 aliphatic carbocycles. The van der Waals surface area contributed by atoms with E-state index in [1.54, 1.807) is 0 Å². The van der Waals surface area contributed by atoms with Gasteiger partial charge in [0, 0.05) is 0 Å². The van der Waals surface area contributed by atoms with Crippen molar-refractivity contribution in [3.8, 4) is 6.07 Å². The molecule has 70 valence electrons. The number of nitrogen functional groups attached to an aromatic ring is 1. The Kier molecular flexibility index (Phi) is 1.79. The molecule has 0 unspecified atom stereocenters. The van der Waals surface area contributed by atoms with Crippen LogP contribution in [-0.4, -0.2) is 22.2 Å². The molecule has 14 heavy (non-hydrogen) atoms. The summed E-state index contributed by atoms with van der Waals surface area (Å²) in [4.78, 5) is 0. The van der Waals surface area contributed by atoms with Gasteiger partial charge in [-0.25, -0.2) is 4.63 Å². The van der Waals surface area contributed by atoms with Gasteiger partial charge in [0.1, 0.15) is 6.07 Å². The van der Waals surface area contributed by atoms with Crippen molar-refractivity contribution in [2.45, 2.75) is 6.17 Å². The molecule has 0 fully saturated rings. The minimum Gasteiger partial charge on any atom is -0.378 e. The van der Waals surface area contributed by atoms with E-state index in [1.807, 2.05) is 6.07 Å². The Morgan fingerprint density at radius 3 is 3.00 bits per heavy atom. The Hall–Kier alpha value is -2.50. The van der Waals surface area contributed by atoms with Crippen molar-refractivity contribution >= 4 is 17.3 Å². The number of nitrogens with zero attached hydrogens (tertiary/aromatic N) is 6. The van der Waals surface area contributed by atoms with Crippen molar-refractivity contribution in [1.82, 2.24) is 10.3 Å². The van der Waals surface area contributed by atoms with Gasteiger partial charge in [0.25, 0.3) is 0 Å². The first-order valence-corrected chi connectivity index (χ1v) is 3.53. The van der Waals surface area contributed by atoms with Crippen molar-refractivity contribution in [3.63, 3.8) is 0 Å². The molecule has 3 N–H and O–H groups in total. The number of nitrogens with two attached hydrogens (primary N) is 1. The molecule has 2 heterocycles. The predicted octanol–water partition coefficient (Wildman–Crippen LogP) is -0.265. The molecule has 1 atom stereocenters. The van der Waals surface area contributed by atoms with Crippen LogP contribution in [0.1, 0.15) is 0 Å². The van der Waals surface area contributed by atoms with Crippen molar-refractivity contribution in [1.29, 1.82) is 5.26 Å². The van der Waals surface area contributed by atoms with Gasteiger partial charge in [-0.1, -0.05) is 0 Å². The Morgan fingerprint density at radius 1 is 1.50 bits per heavy atom. The zero-order valence-corrected chi connectivity index (χ0v) is 6.75. The standard InChI is InChI=1S/C5H4N8O/c6-1-2-4(10-13-9-2)8-5-3(7)11-14-12-5/h4H,(H2,7,11)(H,8,12)/t4-/m0/s1. The van der Waals surface area contributed by atoms with Crippen LogP contribution in [0.4, 0.5) is 11.6 Å². The summed E-state index contributed by atoms with van der Waals surface area (Å²) in [6, 6.07) is 1.83. The lowest BCUT2D eigenvalue weighted by molar-refractivity contribution is 0.310. The average Bonchev–Trinajstić information content (AvgIpc) is 2.77. The highest BCUT2D eigenvalue weighted by atomic mass is 16.6. The van der Waals surface area contributed by atoms with Gasteiger partial charge in [-0.05, 0) is 15.5 Å². The average molecular weight is 192 g/mol. The molecule has 2 rings (SSSR count).